The molecule has 27 heavy (non-hydrogen) atoms. The molecular weight excluding hydrogens is 461 g/mol. The summed E-state index contributed by atoms with van der Waals surface area (Å²) < 4.78 is 18.9. The number of nitrogens with zero attached hydrogens (tertiary/aromatic N) is 1. The Morgan fingerprint density at radius 1 is 1.19 bits per heavy atom. The maximum absolute atomic E-state index is 10.7. The van der Waals surface area contributed by atoms with Gasteiger partial charge in [-0.25, -0.2) is 0 Å². The van der Waals surface area contributed by atoms with Crippen molar-refractivity contribution >= 4 is 28.3 Å². The van der Waals surface area contributed by atoms with Crippen LogP contribution in [-0.4, -0.2) is 24.7 Å². The fraction of sp³-hybridized carbons (Fsp3) is 0.400. The van der Waals surface area contributed by atoms with E-state index in [0.29, 0.717) is 26.2 Å². The molecular formula is C20H22INO5. The maximum atomic E-state index is 10.7. The highest BCUT2D eigenvalue weighted by Gasteiger charge is 2.30. The van der Waals surface area contributed by atoms with Crippen LogP contribution >= 0.6 is 22.6 Å². The Morgan fingerprint density at radius 3 is 2.48 bits per heavy atom. The highest BCUT2D eigenvalue weighted by atomic mass is 127. The molecule has 0 aliphatic carbocycles. The van der Waals surface area contributed by atoms with E-state index in [9.17, 15) is 10.1 Å². The number of rotatable bonds is 6. The van der Waals surface area contributed by atoms with E-state index in [4.69, 9.17) is 14.2 Å². The summed E-state index contributed by atoms with van der Waals surface area (Å²) in [5.41, 5.74) is 1.97. The van der Waals surface area contributed by atoms with Gasteiger partial charge in [0.25, 0.3) is 5.69 Å². The van der Waals surface area contributed by atoms with Gasteiger partial charge in [-0.15, -0.1) is 0 Å². The van der Waals surface area contributed by atoms with Crippen molar-refractivity contribution in [2.24, 2.45) is 5.41 Å². The predicted octanol–water partition coefficient (Wildman–Crippen LogP) is 4.89. The second kappa shape index (κ2) is 8.53. The molecule has 0 spiro atoms. The van der Waals surface area contributed by atoms with Crippen LogP contribution in [0.2, 0.25) is 0 Å². The minimum absolute atomic E-state index is 0.0106. The highest BCUT2D eigenvalue weighted by molar-refractivity contribution is 14.1. The summed E-state index contributed by atoms with van der Waals surface area (Å²) in [5.74, 6) is 0.744. The van der Waals surface area contributed by atoms with E-state index in [1.807, 2.05) is 18.2 Å². The van der Waals surface area contributed by atoms with Crippen molar-refractivity contribution in [2.45, 2.75) is 26.6 Å². The van der Waals surface area contributed by atoms with Crippen molar-refractivity contribution in [3.8, 4) is 5.75 Å². The summed E-state index contributed by atoms with van der Waals surface area (Å²) in [5, 5.41) is 10.7. The molecule has 2 aromatic carbocycles. The lowest BCUT2D eigenvalue weighted by Crippen LogP contribution is -2.33. The summed E-state index contributed by atoms with van der Waals surface area (Å²) in [6, 6.07) is 12.5. The van der Waals surface area contributed by atoms with E-state index in [2.05, 4.69) is 36.4 Å². The summed E-state index contributed by atoms with van der Waals surface area (Å²) in [6.07, 6.45) is 0.229. The first kappa shape index (κ1) is 20.0. The molecule has 1 aliphatic heterocycles. The molecule has 6 nitrogen and oxygen atoms in total. The average molecular weight is 483 g/mol. The molecule has 0 bridgehead atoms. The van der Waals surface area contributed by atoms with Gasteiger partial charge >= 0.3 is 0 Å². The average Bonchev–Trinajstić information content (AvgIpc) is 2.63. The minimum Gasteiger partial charge on any atom is -0.493 e. The summed E-state index contributed by atoms with van der Waals surface area (Å²) in [4.78, 5) is 10.3. The van der Waals surface area contributed by atoms with Crippen LogP contribution in [-0.2, 0) is 15.9 Å². The molecule has 0 N–H and O–H groups in total. The van der Waals surface area contributed by atoms with Crippen molar-refractivity contribution in [1.29, 1.82) is 0 Å². The Balaban J connectivity index is 1.64. The second-order valence-electron chi connectivity index (χ2n) is 7.32. The van der Waals surface area contributed by atoms with Gasteiger partial charge in [0.2, 0.25) is 0 Å². The molecule has 0 amide bonds. The molecule has 1 heterocycles. The Bertz CT molecular complexity index is 797. The maximum Gasteiger partial charge on any atom is 0.269 e. The number of halogens is 1. The van der Waals surface area contributed by atoms with Crippen molar-refractivity contribution < 1.29 is 19.1 Å². The van der Waals surface area contributed by atoms with Crippen molar-refractivity contribution in [2.75, 3.05) is 19.8 Å². The van der Waals surface area contributed by atoms with Gasteiger partial charge in [0.05, 0.1) is 24.7 Å². The molecule has 1 aliphatic rings. The van der Waals surface area contributed by atoms with Gasteiger partial charge in [0.1, 0.15) is 5.75 Å². The Hall–Kier alpha value is -1.71. The van der Waals surface area contributed by atoms with E-state index < -0.39 is 11.2 Å². The van der Waals surface area contributed by atoms with E-state index in [1.54, 1.807) is 12.1 Å². The number of ether oxygens (including phenoxy) is 3. The zero-order valence-electron chi connectivity index (χ0n) is 15.3. The molecule has 7 heteroatoms. The van der Waals surface area contributed by atoms with E-state index in [0.717, 1.165) is 20.4 Å². The van der Waals surface area contributed by atoms with Crippen molar-refractivity contribution in [3.63, 3.8) is 0 Å². The van der Waals surface area contributed by atoms with Crippen LogP contribution in [0.3, 0.4) is 0 Å². The largest absolute Gasteiger partial charge is 0.493 e. The first-order valence-electron chi connectivity index (χ1n) is 8.73. The first-order chi connectivity index (χ1) is 12.8. The van der Waals surface area contributed by atoms with Crippen LogP contribution in [0.5, 0.6) is 5.75 Å². The van der Waals surface area contributed by atoms with Gasteiger partial charge < -0.3 is 14.2 Å². The quantitative estimate of drug-likeness (QED) is 0.333. The summed E-state index contributed by atoms with van der Waals surface area (Å²) in [6.45, 7) is 5.94. The highest BCUT2D eigenvalue weighted by Crippen LogP contribution is 2.36. The number of hydrogen-bond acceptors (Lipinski definition) is 5. The normalized spacial score (nSPS) is 16.9. The minimum atomic E-state index is -0.426. The standard InChI is InChI=1S/C20H22INO5/c1-20(2)12-26-19(27-13-20)17-8-5-15(21)11-18(17)25-10-9-14-3-6-16(7-4-14)22(23)24/h3-8,11,19H,9-10,12-13H2,1-2H3. The molecule has 3 rings (SSSR count). The van der Waals surface area contributed by atoms with Gasteiger partial charge in [0, 0.05) is 33.1 Å². The van der Waals surface area contributed by atoms with Crippen LogP contribution in [0.4, 0.5) is 5.69 Å². The fourth-order valence-corrected chi connectivity index (χ4v) is 3.23. The number of non-ortho nitro benzene ring substituents is 1. The monoisotopic (exact) mass is 483 g/mol. The predicted molar refractivity (Wildman–Crippen MR) is 110 cm³/mol. The molecule has 1 fully saturated rings. The summed E-state index contributed by atoms with van der Waals surface area (Å²) >= 11 is 2.25. The van der Waals surface area contributed by atoms with E-state index in [-0.39, 0.29) is 11.1 Å². The van der Waals surface area contributed by atoms with Crippen LogP contribution < -0.4 is 4.74 Å². The molecule has 0 aromatic heterocycles. The zero-order valence-corrected chi connectivity index (χ0v) is 17.5. The number of nitro groups is 1. The lowest BCUT2D eigenvalue weighted by molar-refractivity contribution is -0.384. The van der Waals surface area contributed by atoms with E-state index >= 15 is 0 Å². The van der Waals surface area contributed by atoms with Crippen molar-refractivity contribution in [3.05, 3.63) is 67.3 Å². The van der Waals surface area contributed by atoms with E-state index in [1.165, 1.54) is 12.1 Å². The Morgan fingerprint density at radius 2 is 1.85 bits per heavy atom. The fourth-order valence-electron chi connectivity index (χ4n) is 2.76. The summed E-state index contributed by atoms with van der Waals surface area (Å²) in [7, 11) is 0. The third-order valence-corrected chi connectivity index (χ3v) is 4.95. The van der Waals surface area contributed by atoms with Gasteiger partial charge in [0.15, 0.2) is 6.29 Å². The lowest BCUT2D eigenvalue weighted by atomic mass is 9.95. The SMILES string of the molecule is CC1(C)COC(c2ccc(I)cc2OCCc2ccc([N+](=O)[O-])cc2)OC1. The lowest BCUT2D eigenvalue weighted by Gasteiger charge is -2.35. The molecule has 0 atom stereocenters. The molecule has 1 saturated heterocycles. The van der Waals surface area contributed by atoms with Gasteiger partial charge in [-0.05, 0) is 46.4 Å². The Kier molecular flexibility index (Phi) is 6.33. The molecule has 0 unspecified atom stereocenters. The topological polar surface area (TPSA) is 70.8 Å². The van der Waals surface area contributed by atoms with Crippen LogP contribution in [0.25, 0.3) is 0 Å². The molecule has 2 aromatic rings. The van der Waals surface area contributed by atoms with Crippen LogP contribution in [0, 0.1) is 19.1 Å². The van der Waals surface area contributed by atoms with Gasteiger partial charge in [-0.2, -0.15) is 0 Å². The second-order valence-corrected chi connectivity index (χ2v) is 8.57. The van der Waals surface area contributed by atoms with Gasteiger partial charge in [-0.1, -0.05) is 26.0 Å². The number of benzene rings is 2. The smallest absolute Gasteiger partial charge is 0.269 e. The number of hydrogen-bond donors (Lipinski definition) is 0. The number of nitro benzene ring substituents is 1. The van der Waals surface area contributed by atoms with Crippen LogP contribution in [0.1, 0.15) is 31.3 Å². The molecule has 144 valence electrons. The molecule has 0 radical (unpaired) electrons. The first-order valence-corrected chi connectivity index (χ1v) is 9.81. The van der Waals surface area contributed by atoms with Crippen molar-refractivity contribution in [1.82, 2.24) is 0 Å². The molecule has 0 saturated carbocycles. The Labute approximate surface area is 172 Å². The zero-order chi connectivity index (χ0) is 19.4. The van der Waals surface area contributed by atoms with Crippen LogP contribution in [0.15, 0.2) is 42.5 Å². The third kappa shape index (κ3) is 5.40. The third-order valence-electron chi connectivity index (χ3n) is 4.28. The van der Waals surface area contributed by atoms with Gasteiger partial charge in [-0.3, -0.25) is 10.1 Å².